The summed E-state index contributed by atoms with van der Waals surface area (Å²) in [5.74, 6) is 0.929. The Bertz CT molecular complexity index is 476. The molecule has 3 nitrogen and oxygen atoms in total. The van der Waals surface area contributed by atoms with E-state index >= 15 is 0 Å². The van der Waals surface area contributed by atoms with Crippen molar-refractivity contribution in [2.24, 2.45) is 0 Å². The largest absolute Gasteiger partial charge is 0.469 e. The Labute approximate surface area is 107 Å². The monoisotopic (exact) mass is 243 g/mol. The molecule has 94 valence electrons. The predicted molar refractivity (Wildman–Crippen MR) is 70.4 cm³/mol. The highest BCUT2D eigenvalue weighted by Gasteiger charge is 2.09. The summed E-state index contributed by atoms with van der Waals surface area (Å²) in [4.78, 5) is 11.9. The lowest BCUT2D eigenvalue weighted by molar-refractivity contribution is 0.0938. The Morgan fingerprint density at radius 3 is 2.67 bits per heavy atom. The first-order valence-electron chi connectivity index (χ1n) is 6.14. The summed E-state index contributed by atoms with van der Waals surface area (Å²) in [6.45, 7) is 2.00. The molecule has 18 heavy (non-hydrogen) atoms. The van der Waals surface area contributed by atoms with Gasteiger partial charge in [-0.1, -0.05) is 18.2 Å². The molecular weight excluding hydrogens is 226 g/mol. The van der Waals surface area contributed by atoms with Crippen LogP contribution in [0.15, 0.2) is 53.1 Å². The molecule has 0 aliphatic rings. The highest BCUT2D eigenvalue weighted by Crippen LogP contribution is 2.06. The Balaban J connectivity index is 1.80. The van der Waals surface area contributed by atoms with E-state index in [1.807, 2.05) is 49.4 Å². The Hall–Kier alpha value is -2.03. The molecule has 0 spiro atoms. The van der Waals surface area contributed by atoms with Crippen LogP contribution < -0.4 is 5.32 Å². The van der Waals surface area contributed by atoms with Crippen LogP contribution in [0.25, 0.3) is 0 Å². The third kappa shape index (κ3) is 3.48. The zero-order valence-electron chi connectivity index (χ0n) is 10.4. The van der Waals surface area contributed by atoms with Crippen molar-refractivity contribution in [2.45, 2.75) is 25.8 Å². The highest BCUT2D eigenvalue weighted by atomic mass is 16.3. The number of hydrogen-bond acceptors (Lipinski definition) is 2. The normalized spacial score (nSPS) is 12.1. The third-order valence-electron chi connectivity index (χ3n) is 2.82. The van der Waals surface area contributed by atoms with Gasteiger partial charge in [0.05, 0.1) is 6.26 Å². The van der Waals surface area contributed by atoms with Gasteiger partial charge in [-0.3, -0.25) is 4.79 Å². The molecule has 2 aromatic rings. The van der Waals surface area contributed by atoms with E-state index in [0.29, 0.717) is 5.56 Å². The first-order valence-corrected chi connectivity index (χ1v) is 6.14. The molecule has 0 saturated heterocycles. The molecule has 1 aromatic carbocycles. The van der Waals surface area contributed by atoms with E-state index in [1.165, 1.54) is 0 Å². The van der Waals surface area contributed by atoms with E-state index in [2.05, 4.69) is 5.32 Å². The molecule has 1 heterocycles. The third-order valence-corrected chi connectivity index (χ3v) is 2.82. The second-order valence-corrected chi connectivity index (χ2v) is 4.36. The molecule has 0 aliphatic carbocycles. The van der Waals surface area contributed by atoms with E-state index in [4.69, 9.17) is 4.42 Å². The molecule has 1 unspecified atom stereocenters. The van der Waals surface area contributed by atoms with Gasteiger partial charge in [-0.25, -0.2) is 0 Å². The van der Waals surface area contributed by atoms with Crippen molar-refractivity contribution in [2.75, 3.05) is 0 Å². The fourth-order valence-electron chi connectivity index (χ4n) is 1.78. The van der Waals surface area contributed by atoms with Crippen LogP contribution in [0.5, 0.6) is 0 Å². The van der Waals surface area contributed by atoms with Gasteiger partial charge in [0.2, 0.25) is 0 Å². The molecule has 0 aliphatic heterocycles. The van der Waals surface area contributed by atoms with Crippen molar-refractivity contribution in [3.8, 4) is 0 Å². The smallest absolute Gasteiger partial charge is 0.251 e. The fourth-order valence-corrected chi connectivity index (χ4v) is 1.78. The predicted octanol–water partition coefficient (Wildman–Crippen LogP) is 3.03. The summed E-state index contributed by atoms with van der Waals surface area (Å²) in [7, 11) is 0. The standard InChI is InChI=1S/C15H17NO2/c1-12(9-10-14-8-5-11-18-14)16-15(17)13-6-3-2-4-7-13/h2-8,11-12H,9-10H2,1H3,(H,16,17). The Kier molecular flexibility index (Phi) is 4.18. The van der Waals surface area contributed by atoms with Crippen molar-refractivity contribution in [3.63, 3.8) is 0 Å². The summed E-state index contributed by atoms with van der Waals surface area (Å²) < 4.78 is 5.26. The first-order chi connectivity index (χ1) is 8.75. The molecule has 3 heteroatoms. The average molecular weight is 243 g/mol. The molecule has 1 N–H and O–H groups in total. The number of carbonyl (C=O) groups excluding carboxylic acids is 1. The van der Waals surface area contributed by atoms with Crippen molar-refractivity contribution in [1.82, 2.24) is 5.32 Å². The van der Waals surface area contributed by atoms with Crippen LogP contribution in [0.1, 0.15) is 29.5 Å². The van der Waals surface area contributed by atoms with Gasteiger partial charge in [0, 0.05) is 18.0 Å². The summed E-state index contributed by atoms with van der Waals surface area (Å²) in [6.07, 6.45) is 3.37. The van der Waals surface area contributed by atoms with Gasteiger partial charge in [0.25, 0.3) is 5.91 Å². The van der Waals surface area contributed by atoms with Crippen LogP contribution >= 0.6 is 0 Å². The van der Waals surface area contributed by atoms with Crippen LogP contribution in [0.4, 0.5) is 0 Å². The molecule has 1 amide bonds. The zero-order valence-corrected chi connectivity index (χ0v) is 10.4. The number of amides is 1. The lowest BCUT2D eigenvalue weighted by atomic mass is 10.1. The van der Waals surface area contributed by atoms with Crippen molar-refractivity contribution in [3.05, 3.63) is 60.1 Å². The number of aryl methyl sites for hydroxylation is 1. The lowest BCUT2D eigenvalue weighted by Crippen LogP contribution is -2.32. The maximum atomic E-state index is 11.9. The number of furan rings is 1. The number of hydrogen-bond donors (Lipinski definition) is 1. The first kappa shape index (κ1) is 12.4. The van der Waals surface area contributed by atoms with Crippen LogP contribution in [-0.2, 0) is 6.42 Å². The number of carbonyl (C=O) groups is 1. The van der Waals surface area contributed by atoms with E-state index in [0.717, 1.165) is 18.6 Å². The van der Waals surface area contributed by atoms with E-state index in [-0.39, 0.29) is 11.9 Å². The molecule has 2 rings (SSSR count). The second-order valence-electron chi connectivity index (χ2n) is 4.36. The van der Waals surface area contributed by atoms with E-state index in [9.17, 15) is 4.79 Å². The highest BCUT2D eigenvalue weighted by molar-refractivity contribution is 5.94. The average Bonchev–Trinajstić information content (AvgIpc) is 2.90. The van der Waals surface area contributed by atoms with Crippen LogP contribution in [-0.4, -0.2) is 11.9 Å². The van der Waals surface area contributed by atoms with Gasteiger partial charge < -0.3 is 9.73 Å². The summed E-state index contributed by atoms with van der Waals surface area (Å²) >= 11 is 0. The Morgan fingerprint density at radius 2 is 2.00 bits per heavy atom. The van der Waals surface area contributed by atoms with Gasteiger partial charge in [-0.15, -0.1) is 0 Å². The van der Waals surface area contributed by atoms with Gasteiger partial charge in [-0.05, 0) is 37.6 Å². The van der Waals surface area contributed by atoms with E-state index < -0.39 is 0 Å². The van der Waals surface area contributed by atoms with Crippen LogP contribution in [0, 0.1) is 0 Å². The minimum absolute atomic E-state index is 0.0254. The summed E-state index contributed by atoms with van der Waals surface area (Å²) in [5.41, 5.74) is 0.697. The van der Waals surface area contributed by atoms with Crippen molar-refractivity contribution in [1.29, 1.82) is 0 Å². The van der Waals surface area contributed by atoms with Gasteiger partial charge in [0.15, 0.2) is 0 Å². The molecule has 0 radical (unpaired) electrons. The zero-order chi connectivity index (χ0) is 12.8. The molecule has 1 atom stereocenters. The maximum Gasteiger partial charge on any atom is 0.251 e. The maximum absolute atomic E-state index is 11.9. The van der Waals surface area contributed by atoms with Crippen molar-refractivity contribution >= 4 is 5.91 Å². The van der Waals surface area contributed by atoms with Crippen molar-refractivity contribution < 1.29 is 9.21 Å². The van der Waals surface area contributed by atoms with Gasteiger partial charge in [-0.2, -0.15) is 0 Å². The topological polar surface area (TPSA) is 42.2 Å². The second kappa shape index (κ2) is 6.05. The number of nitrogens with one attached hydrogen (secondary N) is 1. The minimum Gasteiger partial charge on any atom is -0.469 e. The van der Waals surface area contributed by atoms with Gasteiger partial charge in [0.1, 0.15) is 5.76 Å². The summed E-state index contributed by atoms with van der Waals surface area (Å²) in [5, 5.41) is 2.98. The SMILES string of the molecule is CC(CCc1ccco1)NC(=O)c1ccccc1. The van der Waals surface area contributed by atoms with Crippen LogP contribution in [0.3, 0.4) is 0 Å². The van der Waals surface area contributed by atoms with Gasteiger partial charge >= 0.3 is 0 Å². The van der Waals surface area contributed by atoms with E-state index in [1.54, 1.807) is 6.26 Å². The molecule has 0 saturated carbocycles. The Morgan fingerprint density at radius 1 is 1.22 bits per heavy atom. The molecular formula is C15H17NO2. The minimum atomic E-state index is -0.0254. The summed E-state index contributed by atoms with van der Waals surface area (Å²) in [6, 6.07) is 13.2. The number of rotatable bonds is 5. The molecule has 1 aromatic heterocycles. The molecule has 0 fully saturated rings. The van der Waals surface area contributed by atoms with Crippen LogP contribution in [0.2, 0.25) is 0 Å². The number of benzene rings is 1. The fraction of sp³-hybridized carbons (Fsp3) is 0.267. The quantitative estimate of drug-likeness (QED) is 0.877. The lowest BCUT2D eigenvalue weighted by Gasteiger charge is -2.13. The molecule has 0 bridgehead atoms.